The second-order valence-electron chi connectivity index (χ2n) is 13.3. The number of rotatable bonds is 8. The van der Waals surface area contributed by atoms with E-state index in [1.54, 1.807) is 32.3 Å². The zero-order valence-corrected chi connectivity index (χ0v) is 32.6. The van der Waals surface area contributed by atoms with Crippen molar-refractivity contribution in [3.05, 3.63) is 48.3 Å². The molecule has 1 aromatic rings. The van der Waals surface area contributed by atoms with Crippen molar-refractivity contribution in [1.29, 1.82) is 0 Å². The first-order valence-corrected chi connectivity index (χ1v) is 18.3. The molecule has 288 valence electrons. The number of urea groups is 2. The standard InChI is InChI=1S/C17H25N3O3.C13H23N3O3.C6H10O.C2H6/c1-22-15-3-4-16(23-2)13(11-15)12-19-9-10-20(17(19)21)14-5-7-18-8-6-14;1-13(2,3)19-12(18)15-7-4-10(5-8-15)16-9-6-14-11(16)17;1-4-6(5-2)7-3;1-2/h3-4,11,14,18H,5-10,12H2,1-2H3;10H,4-9H2,1-3H3,(H,14,17);4-5H,1H2,2-3H3;1-2H3/b;;6-5+;. The number of methoxy groups -OCH3 is 3. The Bertz CT molecular complexity index is 1270. The third kappa shape index (κ3) is 13.5. The van der Waals surface area contributed by atoms with Crippen molar-refractivity contribution in [3.63, 3.8) is 0 Å². The van der Waals surface area contributed by atoms with Crippen LogP contribution in [0, 0.1) is 0 Å². The van der Waals surface area contributed by atoms with Crippen LogP contribution in [0.5, 0.6) is 11.5 Å². The van der Waals surface area contributed by atoms with E-state index in [2.05, 4.69) is 17.2 Å². The lowest BCUT2D eigenvalue weighted by Gasteiger charge is -2.36. The number of allylic oxidation sites excluding steroid dienone is 2. The largest absolute Gasteiger partial charge is 0.497 e. The average molecular weight is 717 g/mol. The van der Waals surface area contributed by atoms with Gasteiger partial charge in [0.15, 0.2) is 0 Å². The number of hydrogen-bond donors (Lipinski definition) is 2. The Morgan fingerprint density at radius 1 is 0.902 bits per heavy atom. The number of benzene rings is 1. The SMILES string of the molecule is C=C/C(=C\C)OC.CC.CC(C)(C)OC(=O)N1CCC(N2CCNC2=O)CC1.COc1ccc(OC)c(CN2CCN(C3CCNCC3)C2=O)c1. The summed E-state index contributed by atoms with van der Waals surface area (Å²) in [5, 5.41) is 6.16. The lowest BCUT2D eigenvalue weighted by atomic mass is 10.0. The Morgan fingerprint density at radius 2 is 1.55 bits per heavy atom. The summed E-state index contributed by atoms with van der Waals surface area (Å²) in [7, 11) is 4.92. The summed E-state index contributed by atoms with van der Waals surface area (Å²) in [6, 6.07) is 6.49. The molecule has 0 aliphatic carbocycles. The molecule has 0 unspecified atom stereocenters. The van der Waals surface area contributed by atoms with Crippen molar-refractivity contribution in [3.8, 4) is 11.5 Å². The minimum atomic E-state index is -0.456. The van der Waals surface area contributed by atoms with Gasteiger partial charge in [-0.3, -0.25) is 0 Å². The van der Waals surface area contributed by atoms with E-state index < -0.39 is 5.60 Å². The van der Waals surface area contributed by atoms with Gasteiger partial charge in [-0.1, -0.05) is 20.4 Å². The molecule has 4 fully saturated rings. The molecule has 4 heterocycles. The van der Waals surface area contributed by atoms with Gasteiger partial charge in [-0.2, -0.15) is 0 Å². The molecule has 13 heteroatoms. The number of carbonyl (C=O) groups is 3. The topological polar surface area (TPSA) is 125 Å². The van der Waals surface area contributed by atoms with Crippen LogP contribution in [0.4, 0.5) is 14.4 Å². The Kier molecular flexibility index (Phi) is 18.5. The molecule has 0 atom stereocenters. The summed E-state index contributed by atoms with van der Waals surface area (Å²) in [4.78, 5) is 43.8. The van der Waals surface area contributed by atoms with Crippen LogP contribution in [-0.2, 0) is 16.0 Å². The quantitative estimate of drug-likeness (QED) is 0.254. The Balaban J connectivity index is 0.000000290. The van der Waals surface area contributed by atoms with E-state index in [9.17, 15) is 14.4 Å². The second kappa shape index (κ2) is 21.9. The smallest absolute Gasteiger partial charge is 0.410 e. The summed E-state index contributed by atoms with van der Waals surface area (Å²) < 4.78 is 20.8. The summed E-state index contributed by atoms with van der Waals surface area (Å²) in [6.45, 7) is 22.0. The highest BCUT2D eigenvalue weighted by Gasteiger charge is 2.35. The normalized spacial score (nSPS) is 18.3. The number of nitrogens with one attached hydrogen (secondary N) is 2. The molecule has 0 saturated carbocycles. The fraction of sp³-hybridized carbons (Fsp3) is 0.658. The maximum absolute atomic E-state index is 12.7. The molecule has 0 aromatic heterocycles. The van der Waals surface area contributed by atoms with Crippen LogP contribution in [0.15, 0.2) is 42.7 Å². The molecule has 5 rings (SSSR count). The Labute approximate surface area is 306 Å². The molecule has 1 aromatic carbocycles. The molecule has 0 radical (unpaired) electrons. The Hall–Kier alpha value is -4.13. The Morgan fingerprint density at radius 3 is 2.04 bits per heavy atom. The summed E-state index contributed by atoms with van der Waals surface area (Å²) in [5.41, 5.74) is 0.523. The molecule has 13 nitrogen and oxygen atoms in total. The van der Waals surface area contributed by atoms with Crippen LogP contribution < -0.4 is 20.1 Å². The zero-order valence-electron chi connectivity index (χ0n) is 32.6. The third-order valence-electron chi connectivity index (χ3n) is 8.89. The van der Waals surface area contributed by atoms with Crippen LogP contribution >= 0.6 is 0 Å². The maximum atomic E-state index is 12.7. The minimum absolute atomic E-state index is 0.0238. The zero-order chi connectivity index (χ0) is 38.0. The van der Waals surface area contributed by atoms with E-state index in [1.807, 2.05) is 80.5 Å². The monoisotopic (exact) mass is 716 g/mol. The van der Waals surface area contributed by atoms with Gasteiger partial charge < -0.3 is 49.2 Å². The summed E-state index contributed by atoms with van der Waals surface area (Å²) in [5.74, 6) is 2.39. The minimum Gasteiger partial charge on any atom is -0.497 e. The van der Waals surface area contributed by atoms with Crippen LogP contribution in [-0.4, -0.2) is 129 Å². The van der Waals surface area contributed by atoms with Crippen molar-refractivity contribution in [2.24, 2.45) is 0 Å². The molecular formula is C38H64N6O7. The van der Waals surface area contributed by atoms with E-state index >= 15 is 0 Å². The highest BCUT2D eigenvalue weighted by atomic mass is 16.6. The number of hydrogen-bond acceptors (Lipinski definition) is 8. The highest BCUT2D eigenvalue weighted by molar-refractivity contribution is 5.77. The van der Waals surface area contributed by atoms with E-state index in [0.29, 0.717) is 25.7 Å². The van der Waals surface area contributed by atoms with Crippen LogP contribution in [0.25, 0.3) is 0 Å². The van der Waals surface area contributed by atoms with Gasteiger partial charge in [0, 0.05) is 56.9 Å². The van der Waals surface area contributed by atoms with E-state index in [0.717, 1.165) is 87.8 Å². The number of piperidine rings is 2. The first-order chi connectivity index (χ1) is 24.4. The lowest BCUT2D eigenvalue weighted by molar-refractivity contribution is 0.0171. The van der Waals surface area contributed by atoms with Crippen molar-refractivity contribution in [1.82, 2.24) is 30.2 Å². The van der Waals surface area contributed by atoms with Gasteiger partial charge in [-0.25, -0.2) is 14.4 Å². The predicted molar refractivity (Wildman–Crippen MR) is 201 cm³/mol. The molecule has 4 saturated heterocycles. The molecule has 5 amide bonds. The van der Waals surface area contributed by atoms with E-state index in [1.165, 1.54) is 0 Å². The number of carbonyl (C=O) groups excluding carboxylic acids is 3. The number of ether oxygens (including phenoxy) is 4. The van der Waals surface area contributed by atoms with Crippen molar-refractivity contribution in [2.45, 2.75) is 91.5 Å². The molecule has 4 aliphatic heterocycles. The average Bonchev–Trinajstić information content (AvgIpc) is 3.74. The first-order valence-electron chi connectivity index (χ1n) is 18.3. The second-order valence-corrected chi connectivity index (χ2v) is 13.3. The third-order valence-corrected chi connectivity index (χ3v) is 8.89. The van der Waals surface area contributed by atoms with Gasteiger partial charge in [-0.15, -0.1) is 0 Å². The van der Waals surface area contributed by atoms with E-state index in [-0.39, 0.29) is 24.2 Å². The highest BCUT2D eigenvalue weighted by Crippen LogP contribution is 2.28. The van der Waals surface area contributed by atoms with Gasteiger partial charge in [0.1, 0.15) is 22.9 Å². The molecule has 4 aliphatic rings. The molecular weight excluding hydrogens is 652 g/mol. The van der Waals surface area contributed by atoms with Crippen LogP contribution in [0.1, 0.15) is 72.8 Å². The van der Waals surface area contributed by atoms with Crippen LogP contribution in [0.3, 0.4) is 0 Å². The fourth-order valence-electron chi connectivity index (χ4n) is 6.26. The van der Waals surface area contributed by atoms with Crippen LogP contribution in [0.2, 0.25) is 0 Å². The summed E-state index contributed by atoms with van der Waals surface area (Å²) in [6.07, 6.45) is 7.01. The van der Waals surface area contributed by atoms with Gasteiger partial charge >= 0.3 is 18.2 Å². The number of amides is 5. The van der Waals surface area contributed by atoms with Gasteiger partial charge in [0.2, 0.25) is 0 Å². The van der Waals surface area contributed by atoms with E-state index in [4.69, 9.17) is 18.9 Å². The molecule has 0 spiro atoms. The fourth-order valence-corrected chi connectivity index (χ4v) is 6.26. The number of likely N-dealkylation sites (tertiary alicyclic amines) is 1. The van der Waals surface area contributed by atoms with Crippen molar-refractivity contribution in [2.75, 3.05) is 73.7 Å². The predicted octanol–water partition coefficient (Wildman–Crippen LogP) is 5.85. The van der Waals surface area contributed by atoms with Gasteiger partial charge in [0.25, 0.3) is 0 Å². The first kappa shape index (κ1) is 43.0. The molecule has 51 heavy (non-hydrogen) atoms. The van der Waals surface area contributed by atoms with Crippen molar-refractivity contribution < 1.29 is 33.3 Å². The molecule has 0 bridgehead atoms. The van der Waals surface area contributed by atoms with Gasteiger partial charge in [0.05, 0.1) is 27.9 Å². The lowest BCUT2D eigenvalue weighted by Crippen LogP contribution is -2.48. The summed E-state index contributed by atoms with van der Waals surface area (Å²) >= 11 is 0. The van der Waals surface area contributed by atoms with Gasteiger partial charge in [-0.05, 0) is 96.8 Å². The van der Waals surface area contributed by atoms with Crippen molar-refractivity contribution >= 4 is 18.2 Å². The molecule has 2 N–H and O–H groups in total. The maximum Gasteiger partial charge on any atom is 0.410 e. The number of nitrogens with zero attached hydrogens (tertiary/aromatic N) is 4.